The van der Waals surface area contributed by atoms with Crippen LogP contribution in [-0.4, -0.2) is 16.1 Å². The zero-order chi connectivity index (χ0) is 13.7. The molecule has 2 aromatic heterocycles. The third kappa shape index (κ3) is 3.96. The zero-order valence-electron chi connectivity index (χ0n) is 12.0. The van der Waals surface area contributed by atoms with Gasteiger partial charge in [0.1, 0.15) is 11.5 Å². The highest BCUT2D eigenvalue weighted by atomic mass is 16.3. The number of nitrogens with zero attached hydrogens (tertiary/aromatic N) is 2. The summed E-state index contributed by atoms with van der Waals surface area (Å²) >= 11 is 0. The highest BCUT2D eigenvalue weighted by Crippen LogP contribution is 2.20. The van der Waals surface area contributed by atoms with Gasteiger partial charge in [0.25, 0.3) is 0 Å². The molecule has 1 N–H and O–H groups in total. The fourth-order valence-electron chi connectivity index (χ4n) is 2.35. The molecule has 4 nitrogen and oxygen atoms in total. The molecule has 0 saturated carbocycles. The van der Waals surface area contributed by atoms with Gasteiger partial charge in [0.15, 0.2) is 0 Å². The number of aryl methyl sites for hydroxylation is 3. The molecule has 0 fully saturated rings. The number of unbranched alkanes of at least 4 members (excludes halogenated alkanes) is 1. The zero-order valence-corrected chi connectivity index (χ0v) is 12.0. The van der Waals surface area contributed by atoms with Crippen molar-refractivity contribution in [1.82, 2.24) is 14.9 Å². The summed E-state index contributed by atoms with van der Waals surface area (Å²) in [5, 5.41) is 3.55. The topological polar surface area (TPSA) is 43.0 Å². The summed E-state index contributed by atoms with van der Waals surface area (Å²) in [5.41, 5.74) is 1.27. The molecule has 0 radical (unpaired) electrons. The Bertz CT molecular complexity index is 487. The number of hydrogen-bond acceptors (Lipinski definition) is 3. The van der Waals surface area contributed by atoms with E-state index in [4.69, 9.17) is 4.42 Å². The Morgan fingerprint density at radius 2 is 2.21 bits per heavy atom. The van der Waals surface area contributed by atoms with Crippen LogP contribution in [0.1, 0.15) is 42.9 Å². The van der Waals surface area contributed by atoms with Crippen LogP contribution in [0.2, 0.25) is 0 Å². The third-order valence-corrected chi connectivity index (χ3v) is 3.40. The van der Waals surface area contributed by atoms with Crippen molar-refractivity contribution in [3.8, 4) is 0 Å². The Kier molecular flexibility index (Phi) is 4.80. The molecule has 0 saturated heterocycles. The molecule has 19 heavy (non-hydrogen) atoms. The van der Waals surface area contributed by atoms with Crippen LogP contribution < -0.4 is 5.32 Å². The summed E-state index contributed by atoms with van der Waals surface area (Å²) in [4.78, 5) is 4.04. The summed E-state index contributed by atoms with van der Waals surface area (Å²) in [7, 11) is 0. The van der Waals surface area contributed by atoms with Crippen molar-refractivity contribution in [3.63, 3.8) is 0 Å². The summed E-state index contributed by atoms with van der Waals surface area (Å²) in [6, 6.07) is 2.48. The monoisotopic (exact) mass is 261 g/mol. The first-order chi connectivity index (χ1) is 9.16. The molecule has 2 aromatic rings. The predicted molar refractivity (Wildman–Crippen MR) is 76.1 cm³/mol. The van der Waals surface area contributed by atoms with E-state index in [1.807, 2.05) is 32.6 Å². The average Bonchev–Trinajstić information content (AvgIpc) is 2.98. The molecular formula is C15H23N3O. The van der Waals surface area contributed by atoms with Gasteiger partial charge < -0.3 is 14.3 Å². The van der Waals surface area contributed by atoms with Crippen LogP contribution in [0.5, 0.6) is 0 Å². The van der Waals surface area contributed by atoms with Gasteiger partial charge in [-0.3, -0.25) is 0 Å². The molecule has 2 heterocycles. The van der Waals surface area contributed by atoms with Crippen LogP contribution in [0.25, 0.3) is 0 Å². The lowest BCUT2D eigenvalue weighted by Gasteiger charge is -2.13. The van der Waals surface area contributed by atoms with Crippen molar-refractivity contribution in [2.45, 2.75) is 46.2 Å². The lowest BCUT2D eigenvalue weighted by atomic mass is 10.1. The van der Waals surface area contributed by atoms with Crippen molar-refractivity contribution in [2.75, 3.05) is 6.54 Å². The molecule has 0 spiro atoms. The van der Waals surface area contributed by atoms with Crippen LogP contribution in [0.15, 0.2) is 29.2 Å². The van der Waals surface area contributed by atoms with Gasteiger partial charge >= 0.3 is 0 Å². The predicted octanol–water partition coefficient (Wildman–Crippen LogP) is 3.22. The van der Waals surface area contributed by atoms with E-state index in [1.165, 1.54) is 18.4 Å². The van der Waals surface area contributed by atoms with Crippen molar-refractivity contribution in [2.24, 2.45) is 0 Å². The molecule has 2 rings (SSSR count). The number of hydrogen-bond donors (Lipinski definition) is 1. The first-order valence-corrected chi connectivity index (χ1v) is 6.93. The SMILES string of the molecule is Cc1cc(C(C)NCCCCn2ccnc2)c(C)o1. The summed E-state index contributed by atoms with van der Waals surface area (Å²) in [5.74, 6) is 2.01. The Morgan fingerprint density at radius 3 is 2.84 bits per heavy atom. The molecule has 0 amide bonds. The van der Waals surface area contributed by atoms with Gasteiger partial charge in [-0.05, 0) is 46.2 Å². The van der Waals surface area contributed by atoms with Gasteiger partial charge in [0.2, 0.25) is 0 Å². The largest absolute Gasteiger partial charge is 0.466 e. The maximum absolute atomic E-state index is 5.56. The van der Waals surface area contributed by atoms with Gasteiger partial charge in [-0.25, -0.2) is 4.98 Å². The van der Waals surface area contributed by atoms with E-state index in [0.29, 0.717) is 6.04 Å². The second-order valence-corrected chi connectivity index (χ2v) is 5.05. The summed E-state index contributed by atoms with van der Waals surface area (Å²) in [6.45, 7) is 8.28. The summed E-state index contributed by atoms with van der Waals surface area (Å²) in [6.07, 6.45) is 8.03. The van der Waals surface area contributed by atoms with Crippen LogP contribution >= 0.6 is 0 Å². The molecule has 0 aliphatic carbocycles. The standard InChI is InChI=1S/C15H23N3O/c1-12-10-15(14(3)19-12)13(2)17-6-4-5-8-18-9-7-16-11-18/h7,9-11,13,17H,4-6,8H2,1-3H3. The molecule has 1 unspecified atom stereocenters. The van der Waals surface area contributed by atoms with E-state index in [9.17, 15) is 0 Å². The number of furan rings is 1. The number of nitrogens with one attached hydrogen (secondary N) is 1. The Balaban J connectivity index is 1.66. The lowest BCUT2D eigenvalue weighted by molar-refractivity contribution is 0.484. The van der Waals surface area contributed by atoms with Crippen molar-refractivity contribution >= 4 is 0 Å². The van der Waals surface area contributed by atoms with Crippen LogP contribution in [0, 0.1) is 13.8 Å². The second kappa shape index (κ2) is 6.57. The molecule has 0 aromatic carbocycles. The van der Waals surface area contributed by atoms with E-state index in [2.05, 4.69) is 27.9 Å². The van der Waals surface area contributed by atoms with Crippen LogP contribution in [0.4, 0.5) is 0 Å². The van der Waals surface area contributed by atoms with Gasteiger partial charge in [0.05, 0.1) is 6.33 Å². The lowest BCUT2D eigenvalue weighted by Crippen LogP contribution is -2.20. The van der Waals surface area contributed by atoms with Gasteiger partial charge in [0, 0.05) is 30.5 Å². The summed E-state index contributed by atoms with van der Waals surface area (Å²) < 4.78 is 7.68. The van der Waals surface area contributed by atoms with Crippen molar-refractivity contribution < 1.29 is 4.42 Å². The van der Waals surface area contributed by atoms with Gasteiger partial charge in [-0.1, -0.05) is 0 Å². The Morgan fingerprint density at radius 1 is 1.37 bits per heavy atom. The van der Waals surface area contributed by atoms with E-state index in [1.54, 1.807) is 0 Å². The maximum atomic E-state index is 5.56. The minimum absolute atomic E-state index is 0.352. The quantitative estimate of drug-likeness (QED) is 0.778. The highest BCUT2D eigenvalue weighted by Gasteiger charge is 2.11. The Labute approximate surface area is 114 Å². The van der Waals surface area contributed by atoms with Crippen molar-refractivity contribution in [3.05, 3.63) is 41.9 Å². The van der Waals surface area contributed by atoms with Gasteiger partial charge in [-0.15, -0.1) is 0 Å². The van der Waals surface area contributed by atoms with Crippen LogP contribution in [0.3, 0.4) is 0 Å². The fraction of sp³-hybridized carbons (Fsp3) is 0.533. The normalized spacial score (nSPS) is 12.8. The number of imidazole rings is 1. The van der Waals surface area contributed by atoms with Gasteiger partial charge in [-0.2, -0.15) is 0 Å². The van der Waals surface area contributed by atoms with E-state index in [-0.39, 0.29) is 0 Å². The fourth-order valence-corrected chi connectivity index (χ4v) is 2.35. The van der Waals surface area contributed by atoms with E-state index >= 15 is 0 Å². The number of aromatic nitrogens is 2. The molecule has 104 valence electrons. The molecule has 0 bridgehead atoms. The van der Waals surface area contributed by atoms with E-state index < -0.39 is 0 Å². The second-order valence-electron chi connectivity index (χ2n) is 5.05. The highest BCUT2D eigenvalue weighted by molar-refractivity contribution is 5.23. The first kappa shape index (κ1) is 13.9. The molecule has 1 atom stereocenters. The average molecular weight is 261 g/mol. The maximum Gasteiger partial charge on any atom is 0.105 e. The molecule has 0 aliphatic rings. The first-order valence-electron chi connectivity index (χ1n) is 6.93. The molecular weight excluding hydrogens is 238 g/mol. The third-order valence-electron chi connectivity index (χ3n) is 3.40. The number of rotatable bonds is 7. The van der Waals surface area contributed by atoms with E-state index in [0.717, 1.165) is 24.6 Å². The minimum atomic E-state index is 0.352. The van der Waals surface area contributed by atoms with Crippen molar-refractivity contribution in [1.29, 1.82) is 0 Å². The van der Waals surface area contributed by atoms with Crippen LogP contribution in [-0.2, 0) is 6.54 Å². The molecule has 0 aliphatic heterocycles. The molecule has 4 heteroatoms. The Hall–Kier alpha value is -1.55. The smallest absolute Gasteiger partial charge is 0.105 e. The minimum Gasteiger partial charge on any atom is -0.466 e.